The molecular formula is C18H18F2N4O4S. The quantitative estimate of drug-likeness (QED) is 0.647. The number of fused-ring (bicyclic) bond motifs is 1. The molecule has 3 aromatic rings. The highest BCUT2D eigenvalue weighted by atomic mass is 32.2. The molecule has 2 aromatic heterocycles. The molecule has 0 radical (unpaired) electrons. The maximum atomic E-state index is 13.8. The van der Waals surface area contributed by atoms with Crippen molar-refractivity contribution in [2.45, 2.75) is 13.0 Å². The van der Waals surface area contributed by atoms with Gasteiger partial charge in [0.1, 0.15) is 21.3 Å². The molecule has 0 aliphatic heterocycles. The predicted molar refractivity (Wildman–Crippen MR) is 104 cm³/mol. The van der Waals surface area contributed by atoms with Crippen molar-refractivity contribution in [2.75, 3.05) is 17.3 Å². The average molecular weight is 424 g/mol. The molecular weight excluding hydrogens is 406 g/mol. The molecule has 0 unspecified atom stereocenters. The van der Waals surface area contributed by atoms with Gasteiger partial charge in [0.05, 0.1) is 5.75 Å². The fourth-order valence-electron chi connectivity index (χ4n) is 2.75. The summed E-state index contributed by atoms with van der Waals surface area (Å²) in [5.74, 6) is -2.13. The van der Waals surface area contributed by atoms with Gasteiger partial charge in [0.2, 0.25) is 5.95 Å². The van der Waals surface area contributed by atoms with Gasteiger partial charge in [0, 0.05) is 37.0 Å². The molecule has 11 heteroatoms. The molecule has 0 bridgehead atoms. The number of hydrogen-bond donors (Lipinski definition) is 1. The smallest absolute Gasteiger partial charge is 0.294 e. The van der Waals surface area contributed by atoms with Crippen LogP contribution in [-0.2, 0) is 16.9 Å². The number of nitrogens with zero attached hydrogens (tertiary/aromatic N) is 3. The molecule has 8 nitrogen and oxygen atoms in total. The third-order valence-electron chi connectivity index (χ3n) is 3.96. The van der Waals surface area contributed by atoms with Crippen LogP contribution in [0.5, 0.6) is 11.5 Å². The molecule has 0 saturated heterocycles. The monoisotopic (exact) mass is 424 g/mol. The van der Waals surface area contributed by atoms with Crippen LogP contribution in [0.1, 0.15) is 6.92 Å². The Morgan fingerprint density at radius 3 is 2.62 bits per heavy atom. The number of benzene rings is 1. The molecule has 0 spiro atoms. The van der Waals surface area contributed by atoms with Crippen molar-refractivity contribution in [3.05, 3.63) is 52.5 Å². The number of anilines is 1. The van der Waals surface area contributed by atoms with Crippen molar-refractivity contribution < 1.29 is 21.9 Å². The highest BCUT2D eigenvalue weighted by molar-refractivity contribution is 7.90. The molecule has 0 aliphatic rings. The molecule has 1 atom stereocenters. The maximum Gasteiger partial charge on any atom is 0.294 e. The second kappa shape index (κ2) is 7.74. The van der Waals surface area contributed by atoms with E-state index in [2.05, 4.69) is 15.3 Å². The third kappa shape index (κ3) is 4.86. The molecule has 1 N–H and O–H groups in total. The number of halogens is 2. The fourth-order valence-corrected chi connectivity index (χ4v) is 3.74. The van der Waals surface area contributed by atoms with Crippen LogP contribution in [0.25, 0.3) is 11.0 Å². The van der Waals surface area contributed by atoms with Crippen LogP contribution in [0.15, 0.2) is 35.3 Å². The van der Waals surface area contributed by atoms with Crippen molar-refractivity contribution in [1.82, 2.24) is 14.5 Å². The van der Waals surface area contributed by atoms with E-state index in [-0.39, 0.29) is 28.8 Å². The number of sulfone groups is 1. The van der Waals surface area contributed by atoms with E-state index in [4.69, 9.17) is 4.74 Å². The summed E-state index contributed by atoms with van der Waals surface area (Å²) in [4.78, 5) is 20.9. The Morgan fingerprint density at radius 1 is 1.24 bits per heavy atom. The van der Waals surface area contributed by atoms with Crippen molar-refractivity contribution in [3.8, 4) is 11.5 Å². The summed E-state index contributed by atoms with van der Waals surface area (Å²) in [6, 6.07) is 3.66. The summed E-state index contributed by atoms with van der Waals surface area (Å²) >= 11 is 0. The molecule has 3 rings (SSSR count). The van der Waals surface area contributed by atoms with Gasteiger partial charge in [-0.3, -0.25) is 9.36 Å². The molecule has 1 aromatic carbocycles. The Kier molecular flexibility index (Phi) is 5.51. The number of nitrogens with one attached hydrogen (secondary N) is 1. The number of aromatic nitrogens is 3. The van der Waals surface area contributed by atoms with Crippen molar-refractivity contribution in [1.29, 1.82) is 0 Å². The van der Waals surface area contributed by atoms with Gasteiger partial charge in [-0.05, 0) is 25.1 Å². The van der Waals surface area contributed by atoms with Gasteiger partial charge in [-0.2, -0.15) is 4.98 Å². The lowest BCUT2D eigenvalue weighted by Crippen LogP contribution is -2.26. The maximum absolute atomic E-state index is 13.8. The Labute approximate surface area is 165 Å². The van der Waals surface area contributed by atoms with Gasteiger partial charge >= 0.3 is 0 Å². The molecule has 29 heavy (non-hydrogen) atoms. The standard InChI is InChI=1S/C18H18F2N4O4S/c1-10(9-29(3,26)27)22-18-21-8-11-6-15(17(25)24(2)16(11)23-18)28-14-5-4-12(19)7-13(14)20/h4-8,10H,9H2,1-3H3,(H,21,22,23)/t10-/m0/s1. The highest BCUT2D eigenvalue weighted by Gasteiger charge is 2.15. The first-order chi connectivity index (χ1) is 13.5. The van der Waals surface area contributed by atoms with E-state index in [1.807, 2.05) is 0 Å². The van der Waals surface area contributed by atoms with Crippen LogP contribution in [0.4, 0.5) is 14.7 Å². The Hall–Kier alpha value is -3.08. The fraction of sp³-hybridized carbons (Fsp3) is 0.278. The second-order valence-corrected chi connectivity index (χ2v) is 8.84. The van der Waals surface area contributed by atoms with Crippen LogP contribution < -0.4 is 15.6 Å². The number of rotatable bonds is 6. The summed E-state index contributed by atoms with van der Waals surface area (Å²) in [6.07, 6.45) is 2.55. The van der Waals surface area contributed by atoms with E-state index in [1.165, 1.54) is 23.9 Å². The first-order valence-electron chi connectivity index (χ1n) is 8.47. The van der Waals surface area contributed by atoms with E-state index in [1.54, 1.807) is 6.92 Å². The van der Waals surface area contributed by atoms with Gasteiger partial charge in [-0.1, -0.05) is 0 Å². The first kappa shape index (κ1) is 20.6. The largest absolute Gasteiger partial charge is 0.448 e. The number of hydrogen-bond acceptors (Lipinski definition) is 7. The van der Waals surface area contributed by atoms with Gasteiger partial charge in [-0.25, -0.2) is 22.2 Å². The minimum atomic E-state index is -3.19. The van der Waals surface area contributed by atoms with Crippen LogP contribution in [0, 0.1) is 11.6 Å². The Morgan fingerprint density at radius 2 is 1.97 bits per heavy atom. The van der Waals surface area contributed by atoms with E-state index in [0.717, 1.165) is 18.4 Å². The second-order valence-electron chi connectivity index (χ2n) is 6.66. The van der Waals surface area contributed by atoms with Crippen LogP contribution in [0.3, 0.4) is 0 Å². The third-order valence-corrected chi connectivity index (χ3v) is 5.06. The van der Waals surface area contributed by atoms with Gasteiger partial charge in [0.15, 0.2) is 17.3 Å². The van der Waals surface area contributed by atoms with Gasteiger partial charge in [0.25, 0.3) is 5.56 Å². The molecule has 0 amide bonds. The highest BCUT2D eigenvalue weighted by Crippen LogP contribution is 2.25. The molecule has 0 aliphatic carbocycles. The summed E-state index contributed by atoms with van der Waals surface area (Å²) in [5.41, 5.74) is -0.318. The van der Waals surface area contributed by atoms with Crippen LogP contribution >= 0.6 is 0 Å². The number of pyridine rings is 1. The predicted octanol–water partition coefficient (Wildman–Crippen LogP) is 2.24. The summed E-state index contributed by atoms with van der Waals surface area (Å²) in [7, 11) is -1.73. The Bertz CT molecular complexity index is 1240. The Balaban J connectivity index is 1.94. The zero-order valence-corrected chi connectivity index (χ0v) is 16.6. The van der Waals surface area contributed by atoms with Gasteiger partial charge in [-0.15, -0.1) is 0 Å². The van der Waals surface area contributed by atoms with E-state index in [9.17, 15) is 22.0 Å². The normalized spacial score (nSPS) is 12.7. The summed E-state index contributed by atoms with van der Waals surface area (Å²) < 4.78 is 56.2. The first-order valence-corrected chi connectivity index (χ1v) is 10.5. The summed E-state index contributed by atoms with van der Waals surface area (Å²) in [5, 5.41) is 3.31. The lowest BCUT2D eigenvalue weighted by Gasteiger charge is -2.14. The zero-order valence-electron chi connectivity index (χ0n) is 15.8. The zero-order chi connectivity index (χ0) is 21.3. The van der Waals surface area contributed by atoms with Crippen molar-refractivity contribution in [3.63, 3.8) is 0 Å². The summed E-state index contributed by atoms with van der Waals surface area (Å²) in [6.45, 7) is 1.67. The van der Waals surface area contributed by atoms with Gasteiger partial charge < -0.3 is 10.1 Å². The minimum Gasteiger partial charge on any atom is -0.448 e. The SMILES string of the molecule is C[C@@H](CS(C)(=O)=O)Nc1ncc2cc(Oc3ccc(F)cc3F)c(=O)n(C)c2n1. The lowest BCUT2D eigenvalue weighted by atomic mass is 10.3. The lowest BCUT2D eigenvalue weighted by molar-refractivity contribution is 0.430. The average Bonchev–Trinajstić information content (AvgIpc) is 2.60. The molecule has 154 valence electrons. The van der Waals surface area contributed by atoms with E-state index >= 15 is 0 Å². The van der Waals surface area contributed by atoms with Crippen molar-refractivity contribution >= 4 is 26.8 Å². The number of aryl methyl sites for hydroxylation is 1. The van der Waals surface area contributed by atoms with E-state index < -0.39 is 33.1 Å². The van der Waals surface area contributed by atoms with Crippen LogP contribution in [-0.4, -0.2) is 41.0 Å². The minimum absolute atomic E-state index is 0.108. The molecule has 0 saturated carbocycles. The molecule has 0 fully saturated rings. The van der Waals surface area contributed by atoms with E-state index in [0.29, 0.717) is 11.5 Å². The van der Waals surface area contributed by atoms with Crippen molar-refractivity contribution in [2.24, 2.45) is 7.05 Å². The molecule has 2 heterocycles. The number of ether oxygens (including phenoxy) is 1. The topological polar surface area (TPSA) is 103 Å². The van der Waals surface area contributed by atoms with Crippen LogP contribution in [0.2, 0.25) is 0 Å².